The lowest BCUT2D eigenvalue weighted by Crippen LogP contribution is -2.30. The molecule has 0 spiro atoms. The number of carbonyl (C=O) groups is 4. The van der Waals surface area contributed by atoms with Crippen molar-refractivity contribution < 1.29 is 80.2 Å². The standard InChI is InChI=1S/C81H142O17P2/c1-5-9-13-17-21-25-29-33-35-36-37-38-40-43-46-50-54-58-62-66-79(84)92-72-77(98-81(86)68-64-60-56-52-48-44-39-34-30-26-22-18-14-10-6-2)74-96-100(89,90)94-70-75(82)69-93-99(87,88)95-73-76(97-80(85)67-63-59-55-51-47-42-32-28-24-20-16-12-8-4)71-91-78(83)65-61-57-53-49-45-41-31-27-23-19-15-11-7-3/h9,13,21-22,25-26,33-35,37-39,43,46,54,58,75-77,82H,5-8,10-12,14-20,23-24,27-32,36,40-42,44-45,47-53,55-57,59-74H2,1-4H3,(H,87,88)(H,89,90)/b13-9-,25-21-,26-22-,35-33-,38-37-,39-34-,46-43-,58-54-/t75-,76+,77+/m0/s1. The Morgan fingerprint density at radius 2 is 0.540 bits per heavy atom. The molecule has 0 aliphatic carbocycles. The fourth-order valence-corrected chi connectivity index (χ4v) is 12.2. The molecule has 0 heterocycles. The molecule has 17 nitrogen and oxygen atoms in total. The van der Waals surface area contributed by atoms with Crippen LogP contribution in [0.5, 0.6) is 0 Å². The molecule has 0 aliphatic rings. The predicted octanol–water partition coefficient (Wildman–Crippen LogP) is 22.8. The molecule has 19 heteroatoms. The molecule has 100 heavy (non-hydrogen) atoms. The van der Waals surface area contributed by atoms with Crippen LogP contribution in [0.15, 0.2) is 97.2 Å². The van der Waals surface area contributed by atoms with E-state index in [9.17, 15) is 43.2 Å². The Bertz CT molecular complexity index is 2270. The molecule has 0 saturated heterocycles. The van der Waals surface area contributed by atoms with Crippen molar-refractivity contribution in [2.75, 3.05) is 39.6 Å². The number of ether oxygens (including phenoxy) is 4. The third-order valence-corrected chi connectivity index (χ3v) is 18.5. The zero-order chi connectivity index (χ0) is 73.2. The highest BCUT2D eigenvalue weighted by Gasteiger charge is 2.30. The minimum absolute atomic E-state index is 0.0334. The van der Waals surface area contributed by atoms with E-state index in [1.165, 1.54) is 128 Å². The fraction of sp³-hybridized carbons (Fsp3) is 0.753. The summed E-state index contributed by atoms with van der Waals surface area (Å²) in [4.78, 5) is 72.9. The van der Waals surface area contributed by atoms with Gasteiger partial charge in [-0.25, -0.2) is 9.13 Å². The molecule has 0 rings (SSSR count). The number of carbonyl (C=O) groups excluding carboxylic acids is 4. The van der Waals surface area contributed by atoms with Gasteiger partial charge in [-0.3, -0.25) is 37.3 Å². The van der Waals surface area contributed by atoms with Crippen LogP contribution in [0, 0.1) is 0 Å². The van der Waals surface area contributed by atoms with Gasteiger partial charge in [0.05, 0.1) is 26.4 Å². The van der Waals surface area contributed by atoms with Gasteiger partial charge in [0.25, 0.3) is 0 Å². The van der Waals surface area contributed by atoms with Crippen molar-refractivity contribution in [1.29, 1.82) is 0 Å². The van der Waals surface area contributed by atoms with Gasteiger partial charge in [-0.15, -0.1) is 0 Å². The summed E-state index contributed by atoms with van der Waals surface area (Å²) < 4.78 is 68.5. The smallest absolute Gasteiger partial charge is 0.462 e. The third kappa shape index (κ3) is 72.3. The Kier molecular flexibility index (Phi) is 70.4. The van der Waals surface area contributed by atoms with Crippen LogP contribution in [-0.2, 0) is 65.4 Å². The van der Waals surface area contributed by atoms with Gasteiger partial charge in [0.2, 0.25) is 0 Å². The molecule has 0 amide bonds. The summed E-state index contributed by atoms with van der Waals surface area (Å²) in [5.41, 5.74) is 0. The van der Waals surface area contributed by atoms with Gasteiger partial charge in [-0.1, -0.05) is 311 Å². The highest BCUT2D eigenvalue weighted by atomic mass is 31.2. The van der Waals surface area contributed by atoms with Gasteiger partial charge in [0.1, 0.15) is 19.3 Å². The Morgan fingerprint density at radius 1 is 0.290 bits per heavy atom. The average molecular weight is 1450 g/mol. The maximum atomic E-state index is 13.1. The van der Waals surface area contributed by atoms with E-state index < -0.39 is 97.5 Å². The normalized spacial score (nSPS) is 14.4. The first kappa shape index (κ1) is 96.0. The number of phosphoric acid groups is 2. The molecule has 2 unspecified atom stereocenters. The van der Waals surface area contributed by atoms with Gasteiger partial charge < -0.3 is 33.8 Å². The van der Waals surface area contributed by atoms with Crippen LogP contribution in [0.3, 0.4) is 0 Å². The summed E-state index contributed by atoms with van der Waals surface area (Å²) >= 11 is 0. The molecule has 0 aromatic heterocycles. The van der Waals surface area contributed by atoms with Gasteiger partial charge in [0, 0.05) is 25.7 Å². The molecular weight excluding hydrogens is 1310 g/mol. The van der Waals surface area contributed by atoms with Crippen LogP contribution in [0.25, 0.3) is 0 Å². The summed E-state index contributed by atoms with van der Waals surface area (Å²) in [6.07, 6.45) is 76.9. The number of rotatable bonds is 74. The highest BCUT2D eigenvalue weighted by molar-refractivity contribution is 7.47. The van der Waals surface area contributed by atoms with Crippen LogP contribution in [0.4, 0.5) is 0 Å². The second-order valence-electron chi connectivity index (χ2n) is 26.3. The molecule has 0 bridgehead atoms. The summed E-state index contributed by atoms with van der Waals surface area (Å²) in [6.45, 7) is 4.67. The van der Waals surface area contributed by atoms with E-state index in [-0.39, 0.29) is 25.7 Å². The van der Waals surface area contributed by atoms with Crippen molar-refractivity contribution in [3.8, 4) is 0 Å². The van der Waals surface area contributed by atoms with Crippen molar-refractivity contribution in [2.45, 2.75) is 354 Å². The van der Waals surface area contributed by atoms with E-state index in [1.807, 2.05) is 18.2 Å². The number of esters is 4. The first-order chi connectivity index (χ1) is 48.7. The zero-order valence-electron chi connectivity index (χ0n) is 63.1. The van der Waals surface area contributed by atoms with E-state index in [4.69, 9.17) is 37.0 Å². The Labute approximate surface area is 607 Å². The van der Waals surface area contributed by atoms with E-state index >= 15 is 0 Å². The largest absolute Gasteiger partial charge is 0.472 e. The number of allylic oxidation sites excluding steroid dienone is 16. The van der Waals surface area contributed by atoms with Crippen molar-refractivity contribution in [2.24, 2.45) is 0 Å². The number of aliphatic hydroxyl groups is 1. The molecule has 0 saturated carbocycles. The van der Waals surface area contributed by atoms with Crippen molar-refractivity contribution >= 4 is 39.5 Å². The predicted molar refractivity (Wildman–Crippen MR) is 409 cm³/mol. The van der Waals surface area contributed by atoms with Crippen molar-refractivity contribution in [3.05, 3.63) is 97.2 Å². The molecule has 3 N–H and O–H groups in total. The molecule has 0 aliphatic heterocycles. The van der Waals surface area contributed by atoms with Crippen molar-refractivity contribution in [1.82, 2.24) is 0 Å². The van der Waals surface area contributed by atoms with Gasteiger partial charge >= 0.3 is 39.5 Å². The second-order valence-corrected chi connectivity index (χ2v) is 29.2. The van der Waals surface area contributed by atoms with E-state index in [0.29, 0.717) is 32.1 Å². The lowest BCUT2D eigenvalue weighted by Gasteiger charge is -2.21. The lowest BCUT2D eigenvalue weighted by atomic mass is 10.0. The number of aliphatic hydroxyl groups excluding tert-OH is 1. The first-order valence-electron chi connectivity index (χ1n) is 39.5. The summed E-state index contributed by atoms with van der Waals surface area (Å²) in [5.74, 6) is -2.27. The van der Waals surface area contributed by atoms with Crippen LogP contribution in [0.2, 0.25) is 0 Å². The number of hydrogen-bond donors (Lipinski definition) is 3. The molecule has 0 aromatic rings. The van der Waals surface area contributed by atoms with E-state index in [0.717, 1.165) is 122 Å². The molecule has 0 radical (unpaired) electrons. The summed E-state index contributed by atoms with van der Waals surface area (Å²) in [7, 11) is -9.97. The lowest BCUT2D eigenvalue weighted by molar-refractivity contribution is -0.161. The molecule has 578 valence electrons. The maximum absolute atomic E-state index is 13.1. The fourth-order valence-electron chi connectivity index (χ4n) is 10.6. The van der Waals surface area contributed by atoms with Crippen LogP contribution >= 0.6 is 15.6 Å². The summed E-state index contributed by atoms with van der Waals surface area (Å²) in [5, 5.41) is 10.6. The topological polar surface area (TPSA) is 237 Å². The molecular formula is C81H142O17P2. The van der Waals surface area contributed by atoms with Gasteiger partial charge in [-0.2, -0.15) is 0 Å². The van der Waals surface area contributed by atoms with E-state index in [2.05, 4.69) is 107 Å². The maximum Gasteiger partial charge on any atom is 0.472 e. The van der Waals surface area contributed by atoms with Crippen LogP contribution < -0.4 is 0 Å². The molecule has 0 fully saturated rings. The van der Waals surface area contributed by atoms with Gasteiger partial charge in [0.15, 0.2) is 12.2 Å². The molecule has 0 aromatic carbocycles. The monoisotopic (exact) mass is 1450 g/mol. The minimum atomic E-state index is -4.99. The SMILES string of the molecule is CC/C=C\C/C=C\C/C=C\C/C=C\C/C=C\C/C=C\CCC(=O)OC[C@H](COP(=O)(O)OC[C@@H](O)COP(=O)(O)OC[C@@H](COC(=O)CCCCCCCCCCCCCCC)OC(=O)CCCCCCCCCCCCCCC)OC(=O)CCCCCCC/C=C\C/C=C\CCCCC. The summed E-state index contributed by atoms with van der Waals surface area (Å²) in [6, 6.07) is 0. The van der Waals surface area contributed by atoms with Crippen LogP contribution in [0.1, 0.15) is 336 Å². The zero-order valence-corrected chi connectivity index (χ0v) is 64.9. The second kappa shape index (κ2) is 73.3. The van der Waals surface area contributed by atoms with Crippen molar-refractivity contribution in [3.63, 3.8) is 0 Å². The Morgan fingerprint density at radius 3 is 0.880 bits per heavy atom. The first-order valence-corrected chi connectivity index (χ1v) is 42.5. The van der Waals surface area contributed by atoms with E-state index in [1.54, 1.807) is 0 Å². The highest BCUT2D eigenvalue weighted by Crippen LogP contribution is 2.45. The van der Waals surface area contributed by atoms with Crippen LogP contribution in [-0.4, -0.2) is 96.7 Å². The Balaban J connectivity index is 5.40. The van der Waals surface area contributed by atoms with Gasteiger partial charge in [-0.05, 0) is 96.3 Å². The number of unbranched alkanes of at least 4 members (excludes halogenated alkanes) is 32. The number of phosphoric ester groups is 2. The minimum Gasteiger partial charge on any atom is -0.462 e. The molecule has 5 atom stereocenters. The average Bonchev–Trinajstić information content (AvgIpc) is 0.946. The Hall–Kier alpha value is -4.02. The third-order valence-electron chi connectivity index (χ3n) is 16.6. The quantitative estimate of drug-likeness (QED) is 0.0169. The number of hydrogen-bond acceptors (Lipinski definition) is 15.